The number of hydrogen-bond acceptors (Lipinski definition) is 5. The summed E-state index contributed by atoms with van der Waals surface area (Å²) < 4.78 is 10.5. The van der Waals surface area contributed by atoms with Gasteiger partial charge in [0.25, 0.3) is 0 Å². The van der Waals surface area contributed by atoms with E-state index in [1.807, 2.05) is 6.92 Å². The minimum absolute atomic E-state index is 0.204. The van der Waals surface area contributed by atoms with Gasteiger partial charge in [0.15, 0.2) is 5.96 Å². The predicted molar refractivity (Wildman–Crippen MR) is 109 cm³/mol. The Kier molecular flexibility index (Phi) is 8.38. The first-order chi connectivity index (χ1) is 13.5. The largest absolute Gasteiger partial charge is 0.497 e. The summed E-state index contributed by atoms with van der Waals surface area (Å²) in [6.45, 7) is 4.53. The Morgan fingerprint density at radius 2 is 2.04 bits per heavy atom. The number of aliphatic hydroxyl groups excluding tert-OH is 1. The zero-order valence-electron chi connectivity index (χ0n) is 17.0. The third-order valence-electron chi connectivity index (χ3n) is 4.82. The Labute approximate surface area is 166 Å². The van der Waals surface area contributed by atoms with Gasteiger partial charge in [0.2, 0.25) is 5.91 Å². The Morgan fingerprint density at radius 1 is 1.36 bits per heavy atom. The summed E-state index contributed by atoms with van der Waals surface area (Å²) in [4.78, 5) is 18.0. The molecule has 1 fully saturated rings. The van der Waals surface area contributed by atoms with Gasteiger partial charge in [-0.3, -0.25) is 9.79 Å². The van der Waals surface area contributed by atoms with E-state index in [1.165, 1.54) is 0 Å². The number of nitrogens with one attached hydrogen (secondary N) is 1. The SMILES string of the molecule is CCNC(=NCC(O)c1cc(OC)cc(OC)c1)N1CCCC(CC(N)=O)C1. The Morgan fingerprint density at radius 3 is 2.61 bits per heavy atom. The van der Waals surface area contributed by atoms with Crippen molar-refractivity contribution in [3.63, 3.8) is 0 Å². The van der Waals surface area contributed by atoms with Crippen molar-refractivity contribution in [2.24, 2.45) is 16.6 Å². The summed E-state index contributed by atoms with van der Waals surface area (Å²) in [5, 5.41) is 13.9. The molecule has 0 bridgehead atoms. The van der Waals surface area contributed by atoms with Crippen LogP contribution in [0.25, 0.3) is 0 Å². The molecule has 8 heteroatoms. The second kappa shape index (κ2) is 10.8. The molecule has 1 amide bonds. The molecule has 0 aromatic heterocycles. The minimum atomic E-state index is -0.788. The average Bonchev–Trinajstić information content (AvgIpc) is 2.70. The van der Waals surface area contributed by atoms with Crippen LogP contribution in [0.15, 0.2) is 23.2 Å². The maximum Gasteiger partial charge on any atom is 0.217 e. The maximum atomic E-state index is 11.3. The van der Waals surface area contributed by atoms with Crippen LogP contribution < -0.4 is 20.5 Å². The number of carbonyl (C=O) groups is 1. The normalized spacial score (nSPS) is 18.5. The van der Waals surface area contributed by atoms with Crippen molar-refractivity contribution < 1.29 is 19.4 Å². The van der Waals surface area contributed by atoms with Crippen LogP contribution in [-0.4, -0.2) is 62.3 Å². The highest BCUT2D eigenvalue weighted by molar-refractivity contribution is 5.80. The summed E-state index contributed by atoms with van der Waals surface area (Å²) >= 11 is 0. The van der Waals surface area contributed by atoms with E-state index in [9.17, 15) is 9.90 Å². The number of primary amides is 1. The molecule has 1 aliphatic rings. The third kappa shape index (κ3) is 6.30. The van der Waals surface area contributed by atoms with Crippen molar-refractivity contribution in [1.82, 2.24) is 10.2 Å². The van der Waals surface area contributed by atoms with Gasteiger partial charge in [0.1, 0.15) is 11.5 Å². The van der Waals surface area contributed by atoms with Crippen LogP contribution in [0.2, 0.25) is 0 Å². The fraction of sp³-hybridized carbons (Fsp3) is 0.600. The standard InChI is InChI=1S/C20H32N4O4/c1-4-22-20(24-7-5-6-14(13-24)8-19(21)26)23-12-18(25)15-9-16(27-2)11-17(10-15)28-3/h9-11,14,18,25H,4-8,12-13H2,1-3H3,(H2,21,26)(H,22,23). The van der Waals surface area contributed by atoms with Gasteiger partial charge in [0, 0.05) is 32.1 Å². The van der Waals surface area contributed by atoms with Crippen LogP contribution in [0.4, 0.5) is 0 Å². The molecule has 4 N–H and O–H groups in total. The average molecular weight is 393 g/mol. The van der Waals surface area contributed by atoms with E-state index in [0.717, 1.165) is 38.4 Å². The molecule has 8 nitrogen and oxygen atoms in total. The number of carbonyl (C=O) groups excluding carboxylic acids is 1. The number of piperidine rings is 1. The smallest absolute Gasteiger partial charge is 0.217 e. The van der Waals surface area contributed by atoms with Crippen LogP contribution in [-0.2, 0) is 4.79 Å². The van der Waals surface area contributed by atoms with Gasteiger partial charge < -0.3 is 30.5 Å². The first-order valence-corrected chi connectivity index (χ1v) is 9.69. The molecule has 2 rings (SSSR count). The van der Waals surface area contributed by atoms with Crippen LogP contribution in [0.5, 0.6) is 11.5 Å². The number of hydrogen-bond donors (Lipinski definition) is 3. The summed E-state index contributed by atoms with van der Waals surface area (Å²) in [6, 6.07) is 5.31. The number of methoxy groups -OCH3 is 2. The van der Waals surface area contributed by atoms with Crippen LogP contribution >= 0.6 is 0 Å². The molecular formula is C20H32N4O4. The molecule has 1 aromatic carbocycles. The number of rotatable bonds is 8. The number of nitrogens with two attached hydrogens (primary N) is 1. The number of likely N-dealkylation sites (tertiary alicyclic amines) is 1. The van der Waals surface area contributed by atoms with Gasteiger partial charge in [-0.2, -0.15) is 0 Å². The minimum Gasteiger partial charge on any atom is -0.497 e. The van der Waals surface area contributed by atoms with Gasteiger partial charge in [-0.25, -0.2) is 0 Å². The molecule has 0 radical (unpaired) electrons. The number of benzene rings is 1. The first-order valence-electron chi connectivity index (χ1n) is 9.69. The van der Waals surface area contributed by atoms with E-state index in [2.05, 4.69) is 15.2 Å². The molecule has 1 saturated heterocycles. The molecule has 2 unspecified atom stereocenters. The van der Waals surface area contributed by atoms with E-state index >= 15 is 0 Å². The quantitative estimate of drug-likeness (QED) is 0.454. The molecule has 0 saturated carbocycles. The van der Waals surface area contributed by atoms with Gasteiger partial charge in [-0.1, -0.05) is 0 Å². The lowest BCUT2D eigenvalue weighted by Crippen LogP contribution is -2.47. The molecule has 0 spiro atoms. The van der Waals surface area contributed by atoms with E-state index in [0.29, 0.717) is 23.5 Å². The molecule has 1 aliphatic heterocycles. The fourth-order valence-electron chi connectivity index (χ4n) is 3.43. The lowest BCUT2D eigenvalue weighted by molar-refractivity contribution is -0.119. The van der Waals surface area contributed by atoms with Crippen molar-refractivity contribution in [2.45, 2.75) is 32.3 Å². The number of nitrogens with zero attached hydrogens (tertiary/aromatic N) is 2. The van der Waals surface area contributed by atoms with Gasteiger partial charge in [-0.05, 0) is 43.4 Å². The molecular weight excluding hydrogens is 360 g/mol. The highest BCUT2D eigenvalue weighted by atomic mass is 16.5. The second-order valence-electron chi connectivity index (χ2n) is 6.98. The highest BCUT2D eigenvalue weighted by Gasteiger charge is 2.24. The summed E-state index contributed by atoms with van der Waals surface area (Å²) in [6.07, 6.45) is 1.58. The van der Waals surface area contributed by atoms with E-state index in [1.54, 1.807) is 32.4 Å². The molecule has 0 aliphatic carbocycles. The zero-order chi connectivity index (χ0) is 20.5. The Balaban J connectivity index is 2.10. The van der Waals surface area contributed by atoms with E-state index < -0.39 is 6.10 Å². The number of ether oxygens (including phenoxy) is 2. The zero-order valence-corrected chi connectivity index (χ0v) is 17.0. The molecule has 1 aromatic rings. The van der Waals surface area contributed by atoms with Crippen LogP contribution in [0, 0.1) is 5.92 Å². The lowest BCUT2D eigenvalue weighted by atomic mass is 9.95. The summed E-state index contributed by atoms with van der Waals surface area (Å²) in [5.41, 5.74) is 6.04. The third-order valence-corrected chi connectivity index (χ3v) is 4.82. The van der Waals surface area contributed by atoms with Crippen LogP contribution in [0.3, 0.4) is 0 Å². The number of amides is 1. The van der Waals surface area contributed by atoms with E-state index in [4.69, 9.17) is 15.2 Å². The Bertz CT molecular complexity index is 658. The lowest BCUT2D eigenvalue weighted by Gasteiger charge is -2.34. The Hall–Kier alpha value is -2.48. The van der Waals surface area contributed by atoms with Gasteiger partial charge in [-0.15, -0.1) is 0 Å². The maximum absolute atomic E-state index is 11.3. The highest BCUT2D eigenvalue weighted by Crippen LogP contribution is 2.27. The molecule has 2 atom stereocenters. The molecule has 156 valence electrons. The first kappa shape index (κ1) is 21.8. The number of aliphatic hydroxyl groups is 1. The second-order valence-corrected chi connectivity index (χ2v) is 6.98. The van der Waals surface area contributed by atoms with Gasteiger partial charge >= 0.3 is 0 Å². The fourth-order valence-corrected chi connectivity index (χ4v) is 3.43. The number of aliphatic imine (C=N–C) groups is 1. The van der Waals surface area contributed by atoms with Crippen molar-refractivity contribution in [3.05, 3.63) is 23.8 Å². The van der Waals surface area contributed by atoms with Crippen LogP contribution in [0.1, 0.15) is 37.9 Å². The molecule has 1 heterocycles. The number of guanidine groups is 1. The van der Waals surface area contributed by atoms with Crippen molar-refractivity contribution in [2.75, 3.05) is 40.4 Å². The van der Waals surface area contributed by atoms with Crippen molar-refractivity contribution >= 4 is 11.9 Å². The summed E-state index contributed by atoms with van der Waals surface area (Å²) in [5.74, 6) is 1.95. The van der Waals surface area contributed by atoms with Gasteiger partial charge in [0.05, 0.1) is 26.9 Å². The summed E-state index contributed by atoms with van der Waals surface area (Å²) in [7, 11) is 3.15. The molecule has 28 heavy (non-hydrogen) atoms. The topological polar surface area (TPSA) is 109 Å². The predicted octanol–water partition coefficient (Wildman–Crippen LogP) is 1.29. The van der Waals surface area contributed by atoms with Crippen molar-refractivity contribution in [3.8, 4) is 11.5 Å². The monoisotopic (exact) mass is 392 g/mol. The van der Waals surface area contributed by atoms with Crippen molar-refractivity contribution in [1.29, 1.82) is 0 Å². The van der Waals surface area contributed by atoms with E-state index in [-0.39, 0.29) is 18.4 Å².